The van der Waals surface area contributed by atoms with E-state index in [1.807, 2.05) is 37.3 Å². The third-order valence-electron chi connectivity index (χ3n) is 4.96. The van der Waals surface area contributed by atoms with E-state index in [0.717, 1.165) is 47.9 Å². The highest BCUT2D eigenvalue weighted by molar-refractivity contribution is 5.72. The SMILES string of the molecule is CCc1cc(CCCc2ccc(CO)c(CO)c2)ccc1OC(CC)C(=O)O. The highest BCUT2D eigenvalue weighted by atomic mass is 16.5. The summed E-state index contributed by atoms with van der Waals surface area (Å²) >= 11 is 0. The summed E-state index contributed by atoms with van der Waals surface area (Å²) in [5.74, 6) is -0.296. The molecule has 0 aromatic heterocycles. The van der Waals surface area contributed by atoms with Gasteiger partial charge in [-0.25, -0.2) is 4.79 Å². The third-order valence-corrected chi connectivity index (χ3v) is 4.96. The van der Waals surface area contributed by atoms with Crippen LogP contribution >= 0.6 is 0 Å². The van der Waals surface area contributed by atoms with E-state index >= 15 is 0 Å². The van der Waals surface area contributed by atoms with Crippen molar-refractivity contribution < 1.29 is 24.9 Å². The maximum atomic E-state index is 11.2. The Labute approximate surface area is 166 Å². The van der Waals surface area contributed by atoms with Crippen LogP contribution in [-0.2, 0) is 37.3 Å². The largest absolute Gasteiger partial charge is 0.479 e. The van der Waals surface area contributed by atoms with Gasteiger partial charge in [-0.2, -0.15) is 0 Å². The molecule has 2 rings (SSSR count). The number of aliphatic hydroxyl groups is 2. The lowest BCUT2D eigenvalue weighted by atomic mass is 9.98. The van der Waals surface area contributed by atoms with Gasteiger partial charge in [0.15, 0.2) is 6.10 Å². The van der Waals surface area contributed by atoms with Crippen molar-refractivity contribution in [2.24, 2.45) is 0 Å². The van der Waals surface area contributed by atoms with Crippen molar-refractivity contribution in [3.63, 3.8) is 0 Å². The van der Waals surface area contributed by atoms with Gasteiger partial charge in [0.1, 0.15) is 5.75 Å². The molecule has 3 N–H and O–H groups in total. The predicted octanol–water partition coefficient (Wildman–Crippen LogP) is 3.65. The number of carboxylic acids is 1. The van der Waals surface area contributed by atoms with Crippen LogP contribution in [0.5, 0.6) is 5.75 Å². The highest BCUT2D eigenvalue weighted by Gasteiger charge is 2.18. The van der Waals surface area contributed by atoms with Crippen molar-refractivity contribution in [3.05, 3.63) is 64.2 Å². The summed E-state index contributed by atoms with van der Waals surface area (Å²) < 4.78 is 5.68. The van der Waals surface area contributed by atoms with Gasteiger partial charge in [0.05, 0.1) is 13.2 Å². The molecule has 0 aliphatic rings. The van der Waals surface area contributed by atoms with Crippen molar-refractivity contribution in [1.29, 1.82) is 0 Å². The van der Waals surface area contributed by atoms with Gasteiger partial charge in [0.25, 0.3) is 0 Å². The molecule has 0 bridgehead atoms. The van der Waals surface area contributed by atoms with Gasteiger partial charge in [0, 0.05) is 0 Å². The Kier molecular flexibility index (Phi) is 8.48. The first-order chi connectivity index (χ1) is 13.5. The maximum Gasteiger partial charge on any atom is 0.344 e. The average Bonchev–Trinajstić information content (AvgIpc) is 2.72. The molecule has 0 heterocycles. The normalized spacial score (nSPS) is 12.0. The number of carboxylic acid groups (broad SMARTS) is 1. The predicted molar refractivity (Wildman–Crippen MR) is 108 cm³/mol. The number of aliphatic carboxylic acids is 1. The molecule has 152 valence electrons. The van der Waals surface area contributed by atoms with E-state index in [1.165, 1.54) is 5.56 Å². The van der Waals surface area contributed by atoms with Crippen LogP contribution in [0.25, 0.3) is 0 Å². The summed E-state index contributed by atoms with van der Waals surface area (Å²) in [5.41, 5.74) is 4.90. The number of aryl methyl sites for hydroxylation is 3. The van der Waals surface area contributed by atoms with E-state index < -0.39 is 12.1 Å². The minimum absolute atomic E-state index is 0.0643. The second-order valence-corrected chi connectivity index (χ2v) is 6.92. The Morgan fingerprint density at radius 2 is 1.54 bits per heavy atom. The zero-order chi connectivity index (χ0) is 20.5. The van der Waals surface area contributed by atoms with Crippen LogP contribution in [0.2, 0.25) is 0 Å². The fourth-order valence-corrected chi connectivity index (χ4v) is 3.27. The molecule has 0 saturated heterocycles. The molecule has 0 amide bonds. The molecule has 28 heavy (non-hydrogen) atoms. The van der Waals surface area contributed by atoms with E-state index in [4.69, 9.17) is 4.74 Å². The number of benzene rings is 2. The van der Waals surface area contributed by atoms with Gasteiger partial charge in [-0.3, -0.25) is 0 Å². The Morgan fingerprint density at radius 3 is 2.07 bits per heavy atom. The topological polar surface area (TPSA) is 87.0 Å². The minimum Gasteiger partial charge on any atom is -0.479 e. The molecule has 0 spiro atoms. The zero-order valence-electron chi connectivity index (χ0n) is 16.6. The smallest absolute Gasteiger partial charge is 0.344 e. The third kappa shape index (κ3) is 5.81. The number of ether oxygens (including phenoxy) is 1. The summed E-state index contributed by atoms with van der Waals surface area (Å²) in [4.78, 5) is 11.2. The standard InChI is InChI=1S/C23H30O5/c1-3-18-12-17(9-11-22(18)28-21(4-2)23(26)27)7-5-6-16-8-10-19(14-24)20(13-16)15-25/h8-13,21,24-25H,3-7,14-15H2,1-2H3,(H,26,27). The molecular formula is C23H30O5. The minimum atomic E-state index is -0.942. The average molecular weight is 386 g/mol. The van der Waals surface area contributed by atoms with E-state index in [-0.39, 0.29) is 13.2 Å². The van der Waals surface area contributed by atoms with Gasteiger partial charge < -0.3 is 20.1 Å². The fourth-order valence-electron chi connectivity index (χ4n) is 3.27. The van der Waals surface area contributed by atoms with E-state index in [9.17, 15) is 20.1 Å². The quantitative estimate of drug-likeness (QED) is 0.549. The first-order valence-electron chi connectivity index (χ1n) is 9.85. The molecule has 0 radical (unpaired) electrons. The molecule has 5 heteroatoms. The van der Waals surface area contributed by atoms with Gasteiger partial charge in [-0.05, 0) is 66.0 Å². The van der Waals surface area contributed by atoms with Crippen LogP contribution < -0.4 is 4.74 Å². The van der Waals surface area contributed by atoms with Crippen LogP contribution in [-0.4, -0.2) is 27.4 Å². The van der Waals surface area contributed by atoms with Crippen LogP contribution in [0.3, 0.4) is 0 Å². The van der Waals surface area contributed by atoms with Gasteiger partial charge >= 0.3 is 5.97 Å². The molecule has 2 aromatic carbocycles. The Hall–Kier alpha value is -2.37. The molecule has 2 aromatic rings. The molecule has 0 fully saturated rings. The summed E-state index contributed by atoms with van der Waals surface area (Å²) in [6, 6.07) is 11.8. The Bertz CT molecular complexity index is 785. The van der Waals surface area contributed by atoms with Crippen LogP contribution in [0.1, 0.15) is 54.5 Å². The zero-order valence-corrected chi connectivity index (χ0v) is 16.6. The number of carbonyl (C=O) groups is 1. The highest BCUT2D eigenvalue weighted by Crippen LogP contribution is 2.24. The lowest BCUT2D eigenvalue weighted by Crippen LogP contribution is -2.26. The van der Waals surface area contributed by atoms with E-state index in [1.54, 1.807) is 6.92 Å². The number of hydrogen-bond donors (Lipinski definition) is 3. The number of aliphatic hydroxyl groups excluding tert-OH is 2. The van der Waals surface area contributed by atoms with E-state index in [0.29, 0.717) is 12.2 Å². The monoisotopic (exact) mass is 386 g/mol. The Morgan fingerprint density at radius 1 is 0.929 bits per heavy atom. The summed E-state index contributed by atoms with van der Waals surface area (Å²) in [5, 5.41) is 27.9. The van der Waals surface area contributed by atoms with Gasteiger partial charge in [0.2, 0.25) is 0 Å². The number of rotatable bonds is 11. The van der Waals surface area contributed by atoms with Crippen molar-refractivity contribution in [2.75, 3.05) is 0 Å². The maximum absolute atomic E-state index is 11.2. The van der Waals surface area contributed by atoms with Gasteiger partial charge in [-0.15, -0.1) is 0 Å². The molecule has 5 nitrogen and oxygen atoms in total. The number of hydrogen-bond acceptors (Lipinski definition) is 4. The molecule has 0 aliphatic carbocycles. The van der Waals surface area contributed by atoms with Gasteiger partial charge in [-0.1, -0.05) is 44.2 Å². The first-order valence-corrected chi connectivity index (χ1v) is 9.85. The van der Waals surface area contributed by atoms with Crippen LogP contribution in [0.4, 0.5) is 0 Å². The summed E-state index contributed by atoms with van der Waals surface area (Å²) in [7, 11) is 0. The van der Waals surface area contributed by atoms with Crippen molar-refractivity contribution in [1.82, 2.24) is 0 Å². The fraction of sp³-hybridized carbons (Fsp3) is 0.435. The molecule has 1 atom stereocenters. The summed E-state index contributed by atoms with van der Waals surface area (Å²) in [6.07, 6.45) is 3.13. The summed E-state index contributed by atoms with van der Waals surface area (Å²) in [6.45, 7) is 3.70. The van der Waals surface area contributed by atoms with Crippen molar-refractivity contribution in [3.8, 4) is 5.75 Å². The second-order valence-electron chi connectivity index (χ2n) is 6.92. The van der Waals surface area contributed by atoms with Crippen molar-refractivity contribution >= 4 is 5.97 Å². The lowest BCUT2D eigenvalue weighted by molar-refractivity contribution is -0.145. The molecular weight excluding hydrogens is 356 g/mol. The molecule has 1 unspecified atom stereocenters. The molecule has 0 saturated carbocycles. The lowest BCUT2D eigenvalue weighted by Gasteiger charge is -2.17. The van der Waals surface area contributed by atoms with Crippen LogP contribution in [0, 0.1) is 0 Å². The first kappa shape index (κ1) is 21.9. The van der Waals surface area contributed by atoms with Crippen molar-refractivity contribution in [2.45, 2.75) is 65.3 Å². The second kappa shape index (κ2) is 10.8. The van der Waals surface area contributed by atoms with Crippen LogP contribution in [0.15, 0.2) is 36.4 Å². The van der Waals surface area contributed by atoms with E-state index in [2.05, 4.69) is 6.07 Å². The Balaban J connectivity index is 2.00. The molecule has 0 aliphatic heterocycles.